The number of nitrogens with one attached hydrogen (secondary N) is 2. The molecule has 0 radical (unpaired) electrons. The minimum atomic E-state index is 0. The molecule has 136 valence electrons. The van der Waals surface area contributed by atoms with E-state index in [2.05, 4.69) is 65.9 Å². The van der Waals surface area contributed by atoms with Crippen LogP contribution in [0, 0.1) is 6.92 Å². The molecular formula is C18H31IN4S. The molecule has 1 atom stereocenters. The number of aryl methyl sites for hydroxylation is 1. The number of hydrogen-bond acceptors (Lipinski definition) is 3. The molecule has 0 amide bonds. The van der Waals surface area contributed by atoms with Crippen LogP contribution < -0.4 is 10.6 Å². The van der Waals surface area contributed by atoms with Gasteiger partial charge in [0.15, 0.2) is 5.96 Å². The molecule has 1 fully saturated rings. The van der Waals surface area contributed by atoms with Gasteiger partial charge in [-0.1, -0.05) is 12.1 Å². The number of thioether (sulfide) groups is 1. The second-order valence-electron chi connectivity index (χ2n) is 6.37. The summed E-state index contributed by atoms with van der Waals surface area (Å²) in [6.07, 6.45) is 4.82. The van der Waals surface area contributed by atoms with E-state index in [1.165, 1.54) is 28.9 Å². The molecule has 1 aromatic carbocycles. The van der Waals surface area contributed by atoms with Gasteiger partial charge in [0.1, 0.15) is 0 Å². The highest BCUT2D eigenvalue weighted by atomic mass is 127. The predicted octanol–water partition coefficient (Wildman–Crippen LogP) is 3.48. The van der Waals surface area contributed by atoms with E-state index >= 15 is 0 Å². The Hall–Kier alpha value is -0.470. The molecule has 0 saturated heterocycles. The summed E-state index contributed by atoms with van der Waals surface area (Å²) in [7, 11) is 4.05. The van der Waals surface area contributed by atoms with E-state index in [1.807, 2.05) is 7.05 Å². The van der Waals surface area contributed by atoms with Crippen LogP contribution in [-0.4, -0.2) is 49.8 Å². The molecule has 2 N–H and O–H groups in total. The van der Waals surface area contributed by atoms with E-state index < -0.39 is 0 Å². The van der Waals surface area contributed by atoms with Crippen molar-refractivity contribution >= 4 is 41.7 Å². The van der Waals surface area contributed by atoms with Crippen molar-refractivity contribution in [2.45, 2.75) is 50.2 Å². The number of rotatable bonds is 7. The van der Waals surface area contributed by atoms with Crippen molar-refractivity contribution in [3.05, 3.63) is 29.3 Å². The van der Waals surface area contributed by atoms with E-state index in [0.717, 1.165) is 25.1 Å². The third kappa shape index (κ3) is 6.44. The minimum Gasteiger partial charge on any atom is -0.355 e. The first-order valence-electron chi connectivity index (χ1n) is 8.35. The van der Waals surface area contributed by atoms with E-state index in [1.54, 1.807) is 11.8 Å². The maximum absolute atomic E-state index is 4.34. The van der Waals surface area contributed by atoms with E-state index in [4.69, 9.17) is 0 Å². The summed E-state index contributed by atoms with van der Waals surface area (Å²) in [6, 6.07) is 7.91. The van der Waals surface area contributed by atoms with Gasteiger partial charge in [-0.3, -0.25) is 9.89 Å². The zero-order valence-electron chi connectivity index (χ0n) is 15.4. The first-order valence-corrected chi connectivity index (χ1v) is 9.57. The van der Waals surface area contributed by atoms with Crippen molar-refractivity contribution in [3.63, 3.8) is 0 Å². The number of halogens is 1. The highest BCUT2D eigenvalue weighted by Crippen LogP contribution is 2.26. The van der Waals surface area contributed by atoms with Crippen molar-refractivity contribution in [2.75, 3.05) is 26.9 Å². The van der Waals surface area contributed by atoms with Crippen LogP contribution in [0.4, 0.5) is 0 Å². The Morgan fingerprint density at radius 2 is 2.08 bits per heavy atom. The van der Waals surface area contributed by atoms with Crippen molar-refractivity contribution in [3.8, 4) is 0 Å². The number of guanidine groups is 1. The topological polar surface area (TPSA) is 39.7 Å². The Kier molecular flexibility index (Phi) is 9.44. The lowest BCUT2D eigenvalue weighted by atomic mass is 10.1. The first kappa shape index (κ1) is 21.6. The van der Waals surface area contributed by atoms with Crippen LogP contribution in [0.5, 0.6) is 0 Å². The van der Waals surface area contributed by atoms with Crippen molar-refractivity contribution in [2.24, 2.45) is 4.99 Å². The normalized spacial score (nSPS) is 15.8. The number of nitrogens with zero attached hydrogens (tertiary/aromatic N) is 2. The average Bonchev–Trinajstić information content (AvgIpc) is 3.39. The van der Waals surface area contributed by atoms with Gasteiger partial charge in [-0.05, 0) is 57.2 Å². The summed E-state index contributed by atoms with van der Waals surface area (Å²) in [4.78, 5) is 8.13. The van der Waals surface area contributed by atoms with E-state index in [9.17, 15) is 0 Å². The molecule has 0 spiro atoms. The molecule has 1 aliphatic carbocycles. The van der Waals surface area contributed by atoms with E-state index in [0.29, 0.717) is 6.04 Å². The number of benzene rings is 1. The molecule has 2 rings (SSSR count). The zero-order valence-corrected chi connectivity index (χ0v) is 18.6. The van der Waals surface area contributed by atoms with Gasteiger partial charge in [0.05, 0.1) is 0 Å². The van der Waals surface area contributed by atoms with Crippen molar-refractivity contribution < 1.29 is 0 Å². The first-order chi connectivity index (χ1) is 11.0. The van der Waals surface area contributed by atoms with Gasteiger partial charge in [0, 0.05) is 37.1 Å². The summed E-state index contributed by atoms with van der Waals surface area (Å²) in [5.41, 5.74) is 2.62. The second kappa shape index (κ2) is 10.5. The fourth-order valence-electron chi connectivity index (χ4n) is 2.63. The predicted molar refractivity (Wildman–Crippen MR) is 117 cm³/mol. The zero-order chi connectivity index (χ0) is 16.8. The summed E-state index contributed by atoms with van der Waals surface area (Å²) >= 11 is 1.79. The maximum Gasteiger partial charge on any atom is 0.191 e. The Bertz CT molecular complexity index is 546. The molecule has 0 heterocycles. The number of aliphatic imine (C=N–C) groups is 1. The Morgan fingerprint density at radius 3 is 2.67 bits per heavy atom. The van der Waals surface area contributed by atoms with Crippen LogP contribution in [0.15, 0.2) is 28.1 Å². The van der Waals surface area contributed by atoms with Crippen LogP contribution in [0.2, 0.25) is 0 Å². The number of hydrogen-bond donors (Lipinski definition) is 2. The summed E-state index contributed by atoms with van der Waals surface area (Å²) in [6.45, 7) is 6.11. The molecule has 1 saturated carbocycles. The van der Waals surface area contributed by atoms with Gasteiger partial charge < -0.3 is 10.6 Å². The highest BCUT2D eigenvalue weighted by molar-refractivity contribution is 14.0. The van der Waals surface area contributed by atoms with Crippen LogP contribution >= 0.6 is 35.7 Å². The monoisotopic (exact) mass is 462 g/mol. The average molecular weight is 462 g/mol. The van der Waals surface area contributed by atoms with Crippen LogP contribution in [0.3, 0.4) is 0 Å². The maximum atomic E-state index is 4.34. The smallest absolute Gasteiger partial charge is 0.191 e. The van der Waals surface area contributed by atoms with Gasteiger partial charge in [-0.15, -0.1) is 35.7 Å². The SMILES string of the molecule is CN=C(NCc1ccc(C)cc1SC)NCC(C)N(C)C1CC1.I. The van der Waals surface area contributed by atoms with E-state index in [-0.39, 0.29) is 24.0 Å². The lowest BCUT2D eigenvalue weighted by molar-refractivity contribution is 0.247. The number of likely N-dealkylation sites (N-methyl/N-ethyl adjacent to an activating group) is 1. The highest BCUT2D eigenvalue weighted by Gasteiger charge is 2.28. The van der Waals surface area contributed by atoms with Crippen LogP contribution in [0.1, 0.15) is 30.9 Å². The third-order valence-corrected chi connectivity index (χ3v) is 5.32. The van der Waals surface area contributed by atoms with Gasteiger partial charge in [0.2, 0.25) is 0 Å². The molecule has 0 aromatic heterocycles. The Labute approximate surface area is 168 Å². The van der Waals surface area contributed by atoms with Crippen molar-refractivity contribution in [1.29, 1.82) is 0 Å². The summed E-state index contributed by atoms with van der Waals surface area (Å²) in [5.74, 6) is 0.869. The Morgan fingerprint density at radius 1 is 1.38 bits per heavy atom. The largest absolute Gasteiger partial charge is 0.355 e. The van der Waals surface area contributed by atoms with Crippen molar-refractivity contribution in [1.82, 2.24) is 15.5 Å². The molecule has 0 bridgehead atoms. The summed E-state index contributed by atoms with van der Waals surface area (Å²) < 4.78 is 0. The molecule has 24 heavy (non-hydrogen) atoms. The summed E-state index contributed by atoms with van der Waals surface area (Å²) in [5, 5.41) is 6.87. The molecule has 1 aliphatic rings. The minimum absolute atomic E-state index is 0. The standard InChI is InChI=1S/C18H30N4S.HI/c1-13-6-7-15(17(10-13)23-5)12-21-18(19-3)20-11-14(2)22(4)16-8-9-16;/h6-7,10,14,16H,8-9,11-12H2,1-5H3,(H2,19,20,21);1H. The fourth-order valence-corrected chi connectivity index (χ4v) is 3.33. The molecule has 0 aliphatic heterocycles. The molecular weight excluding hydrogens is 431 g/mol. The Balaban J connectivity index is 0.00000288. The van der Waals surface area contributed by atoms with Gasteiger partial charge in [-0.2, -0.15) is 0 Å². The quantitative estimate of drug-likeness (QED) is 0.282. The van der Waals surface area contributed by atoms with Gasteiger partial charge >= 0.3 is 0 Å². The molecule has 1 aromatic rings. The fraction of sp³-hybridized carbons (Fsp3) is 0.611. The third-order valence-electron chi connectivity index (χ3n) is 4.50. The van der Waals surface area contributed by atoms with Crippen LogP contribution in [0.25, 0.3) is 0 Å². The molecule has 4 nitrogen and oxygen atoms in total. The lowest BCUT2D eigenvalue weighted by Crippen LogP contribution is -2.45. The lowest BCUT2D eigenvalue weighted by Gasteiger charge is -2.25. The van der Waals surface area contributed by atoms with Crippen LogP contribution in [-0.2, 0) is 6.54 Å². The molecule has 6 heteroatoms. The molecule has 1 unspecified atom stereocenters. The second-order valence-corrected chi connectivity index (χ2v) is 7.22. The van der Waals surface area contributed by atoms with Gasteiger partial charge in [0.25, 0.3) is 0 Å². The van der Waals surface area contributed by atoms with Gasteiger partial charge in [-0.25, -0.2) is 0 Å².